The lowest BCUT2D eigenvalue weighted by atomic mass is 10.1. The zero-order chi connectivity index (χ0) is 19.8. The standard InChI is InChI=1S/C19H27N5O2S/c1-13-16(11-21-18(25)17(9-10-27-3)22-19(20)26)14(2)24(23-13)12-15-7-5-4-6-8-15/h4-8,17H,9-12H2,1-3H3,(H,21,25)(H3,20,22,26)/t17-/m0/s1. The number of urea groups is 1. The van der Waals surface area contributed by atoms with E-state index in [0.29, 0.717) is 19.5 Å². The normalized spacial score (nSPS) is 11.8. The van der Waals surface area contributed by atoms with E-state index >= 15 is 0 Å². The average molecular weight is 390 g/mol. The molecule has 0 saturated heterocycles. The molecule has 2 aromatic rings. The van der Waals surface area contributed by atoms with E-state index in [0.717, 1.165) is 22.7 Å². The Morgan fingerprint density at radius 1 is 1.26 bits per heavy atom. The van der Waals surface area contributed by atoms with Gasteiger partial charge in [0.15, 0.2) is 0 Å². The molecule has 0 aliphatic heterocycles. The Labute approximate surface area is 164 Å². The number of carbonyl (C=O) groups excluding carboxylic acids is 2. The number of nitrogens with two attached hydrogens (primary N) is 1. The van der Waals surface area contributed by atoms with Crippen molar-refractivity contribution in [3.05, 3.63) is 52.8 Å². The number of thioether (sulfide) groups is 1. The molecule has 146 valence electrons. The third-order valence-corrected chi connectivity index (χ3v) is 5.03. The van der Waals surface area contributed by atoms with Crippen molar-refractivity contribution in [2.45, 2.75) is 39.4 Å². The Morgan fingerprint density at radius 3 is 2.59 bits per heavy atom. The van der Waals surface area contributed by atoms with Crippen molar-refractivity contribution >= 4 is 23.7 Å². The summed E-state index contributed by atoms with van der Waals surface area (Å²) in [7, 11) is 0. The molecule has 0 fully saturated rings. The molecule has 1 atom stereocenters. The summed E-state index contributed by atoms with van der Waals surface area (Å²) in [5.41, 5.74) is 9.24. The number of nitrogens with zero attached hydrogens (tertiary/aromatic N) is 2. The predicted molar refractivity (Wildman–Crippen MR) is 109 cm³/mol. The second kappa shape index (κ2) is 10.0. The second-order valence-corrected chi connectivity index (χ2v) is 7.34. The summed E-state index contributed by atoms with van der Waals surface area (Å²) in [6.07, 6.45) is 2.48. The smallest absolute Gasteiger partial charge is 0.312 e. The molecule has 4 N–H and O–H groups in total. The number of aromatic nitrogens is 2. The quantitative estimate of drug-likeness (QED) is 0.610. The number of aryl methyl sites for hydroxylation is 1. The van der Waals surface area contributed by atoms with Crippen LogP contribution in [0.2, 0.25) is 0 Å². The van der Waals surface area contributed by atoms with Gasteiger partial charge in [0.2, 0.25) is 5.91 Å². The molecule has 1 aromatic heterocycles. The lowest BCUT2D eigenvalue weighted by Crippen LogP contribution is -2.48. The maximum atomic E-state index is 12.5. The Hall–Kier alpha value is -2.48. The number of nitrogens with one attached hydrogen (secondary N) is 2. The van der Waals surface area contributed by atoms with E-state index in [1.165, 1.54) is 5.56 Å². The molecule has 0 aliphatic carbocycles. The first-order valence-corrected chi connectivity index (χ1v) is 10.2. The molecule has 2 rings (SSSR count). The highest BCUT2D eigenvalue weighted by atomic mass is 32.2. The fourth-order valence-corrected chi connectivity index (χ4v) is 3.35. The average Bonchev–Trinajstić information content (AvgIpc) is 2.90. The molecule has 0 unspecified atom stereocenters. The molecule has 0 bridgehead atoms. The van der Waals surface area contributed by atoms with Crippen LogP contribution >= 0.6 is 11.8 Å². The number of carbonyl (C=O) groups is 2. The van der Waals surface area contributed by atoms with Gasteiger partial charge in [-0.1, -0.05) is 30.3 Å². The van der Waals surface area contributed by atoms with E-state index in [-0.39, 0.29) is 5.91 Å². The van der Waals surface area contributed by atoms with Crippen LogP contribution < -0.4 is 16.4 Å². The van der Waals surface area contributed by atoms with Crippen LogP contribution in [0.3, 0.4) is 0 Å². The van der Waals surface area contributed by atoms with Crippen LogP contribution in [0.5, 0.6) is 0 Å². The third kappa shape index (κ3) is 6.02. The van der Waals surface area contributed by atoms with Gasteiger partial charge in [0, 0.05) is 17.8 Å². The molecule has 1 heterocycles. The van der Waals surface area contributed by atoms with Crippen molar-refractivity contribution in [1.82, 2.24) is 20.4 Å². The van der Waals surface area contributed by atoms with E-state index in [1.54, 1.807) is 11.8 Å². The molecule has 0 aliphatic rings. The minimum Gasteiger partial charge on any atom is -0.352 e. The SMILES string of the molecule is CSCC[C@H](NC(N)=O)C(=O)NCc1c(C)nn(Cc2ccccc2)c1C. The maximum absolute atomic E-state index is 12.5. The summed E-state index contributed by atoms with van der Waals surface area (Å²) < 4.78 is 1.94. The van der Waals surface area contributed by atoms with Crippen molar-refractivity contribution in [3.8, 4) is 0 Å². The number of hydrogen-bond acceptors (Lipinski definition) is 4. The third-order valence-electron chi connectivity index (χ3n) is 4.39. The van der Waals surface area contributed by atoms with Crippen LogP contribution in [0.1, 0.15) is 28.9 Å². The lowest BCUT2D eigenvalue weighted by Gasteiger charge is -2.17. The summed E-state index contributed by atoms with van der Waals surface area (Å²) in [5, 5.41) is 10.0. The van der Waals surface area contributed by atoms with Gasteiger partial charge in [-0.15, -0.1) is 0 Å². The number of amides is 3. The van der Waals surface area contributed by atoms with Crippen LogP contribution in [0.4, 0.5) is 4.79 Å². The number of primary amides is 1. The molecule has 3 amide bonds. The number of benzene rings is 1. The van der Waals surface area contributed by atoms with Gasteiger partial charge in [-0.3, -0.25) is 9.48 Å². The van der Waals surface area contributed by atoms with Gasteiger partial charge in [-0.25, -0.2) is 4.79 Å². The van der Waals surface area contributed by atoms with Crippen molar-refractivity contribution in [3.63, 3.8) is 0 Å². The topological polar surface area (TPSA) is 102 Å². The molecule has 0 radical (unpaired) electrons. The molecular formula is C19H27N5O2S. The zero-order valence-corrected chi connectivity index (χ0v) is 16.8. The lowest BCUT2D eigenvalue weighted by molar-refractivity contribution is -0.123. The van der Waals surface area contributed by atoms with E-state index < -0.39 is 12.1 Å². The van der Waals surface area contributed by atoms with Gasteiger partial charge >= 0.3 is 6.03 Å². The minimum atomic E-state index is -0.695. The molecule has 7 nitrogen and oxygen atoms in total. The van der Waals surface area contributed by atoms with Gasteiger partial charge in [0.05, 0.1) is 12.2 Å². The molecule has 27 heavy (non-hydrogen) atoms. The highest BCUT2D eigenvalue weighted by Crippen LogP contribution is 2.15. The van der Waals surface area contributed by atoms with Gasteiger partial charge in [-0.05, 0) is 37.8 Å². The van der Waals surface area contributed by atoms with Crippen LogP contribution in [-0.2, 0) is 17.9 Å². The van der Waals surface area contributed by atoms with Gasteiger partial charge in [0.25, 0.3) is 0 Å². The van der Waals surface area contributed by atoms with E-state index in [2.05, 4.69) is 27.9 Å². The summed E-state index contributed by atoms with van der Waals surface area (Å²) >= 11 is 1.61. The first kappa shape index (κ1) is 20.8. The van der Waals surface area contributed by atoms with Crippen molar-refractivity contribution in [2.75, 3.05) is 12.0 Å². The largest absolute Gasteiger partial charge is 0.352 e. The molecular weight excluding hydrogens is 362 g/mol. The fourth-order valence-electron chi connectivity index (χ4n) is 2.88. The van der Waals surface area contributed by atoms with Crippen molar-refractivity contribution in [1.29, 1.82) is 0 Å². The summed E-state index contributed by atoms with van der Waals surface area (Å²) in [6, 6.07) is 8.78. The predicted octanol–water partition coefficient (Wildman–Crippen LogP) is 1.95. The summed E-state index contributed by atoms with van der Waals surface area (Å²) in [4.78, 5) is 23.6. The van der Waals surface area contributed by atoms with E-state index in [1.807, 2.05) is 43.0 Å². The fraction of sp³-hybridized carbons (Fsp3) is 0.421. The second-order valence-electron chi connectivity index (χ2n) is 6.35. The van der Waals surface area contributed by atoms with Crippen LogP contribution in [-0.4, -0.2) is 39.8 Å². The Balaban J connectivity index is 2.04. The van der Waals surface area contributed by atoms with Crippen molar-refractivity contribution in [2.24, 2.45) is 5.73 Å². The highest BCUT2D eigenvalue weighted by Gasteiger charge is 2.20. The van der Waals surface area contributed by atoms with Gasteiger partial charge in [0.1, 0.15) is 6.04 Å². The Kier molecular flexibility index (Phi) is 7.72. The van der Waals surface area contributed by atoms with Crippen LogP contribution in [0.25, 0.3) is 0 Å². The minimum absolute atomic E-state index is 0.238. The van der Waals surface area contributed by atoms with Crippen LogP contribution in [0.15, 0.2) is 30.3 Å². The molecule has 1 aromatic carbocycles. The van der Waals surface area contributed by atoms with Crippen LogP contribution in [0, 0.1) is 13.8 Å². The molecule has 0 saturated carbocycles. The van der Waals surface area contributed by atoms with Gasteiger partial charge < -0.3 is 16.4 Å². The Bertz CT molecular complexity index is 776. The Morgan fingerprint density at radius 2 is 1.96 bits per heavy atom. The number of rotatable bonds is 9. The highest BCUT2D eigenvalue weighted by molar-refractivity contribution is 7.98. The zero-order valence-electron chi connectivity index (χ0n) is 16.0. The molecule has 0 spiro atoms. The first-order chi connectivity index (χ1) is 12.9. The summed E-state index contributed by atoms with van der Waals surface area (Å²) in [6.45, 7) is 4.97. The monoisotopic (exact) mass is 389 g/mol. The van der Waals surface area contributed by atoms with E-state index in [4.69, 9.17) is 5.73 Å². The maximum Gasteiger partial charge on any atom is 0.312 e. The van der Waals surface area contributed by atoms with E-state index in [9.17, 15) is 9.59 Å². The van der Waals surface area contributed by atoms with Gasteiger partial charge in [-0.2, -0.15) is 16.9 Å². The summed E-state index contributed by atoms with van der Waals surface area (Å²) in [5.74, 6) is 0.517. The van der Waals surface area contributed by atoms with Crippen molar-refractivity contribution < 1.29 is 9.59 Å². The first-order valence-electron chi connectivity index (χ1n) is 8.81. The molecule has 8 heteroatoms. The number of hydrogen-bond donors (Lipinski definition) is 3.